The number of rotatable bonds is 2. The zero-order chi connectivity index (χ0) is 14.1. The minimum absolute atomic E-state index is 0.209. The first kappa shape index (κ1) is 12.2. The van der Waals surface area contributed by atoms with Gasteiger partial charge in [-0.1, -0.05) is 0 Å². The number of aromatic nitrogens is 3. The first-order valence-electron chi connectivity index (χ1n) is 6.08. The lowest BCUT2D eigenvalue weighted by molar-refractivity contribution is 0.0963. The fourth-order valence-electron chi connectivity index (χ4n) is 2.06. The van der Waals surface area contributed by atoms with E-state index in [-0.39, 0.29) is 11.5 Å². The summed E-state index contributed by atoms with van der Waals surface area (Å²) in [5.74, 6) is -0.222. The van der Waals surface area contributed by atoms with Crippen LogP contribution in [0.5, 0.6) is 0 Å². The third-order valence-corrected chi connectivity index (χ3v) is 3.08. The average molecular weight is 268 g/mol. The van der Waals surface area contributed by atoms with E-state index in [1.165, 1.54) is 4.68 Å². The number of fused-ring (bicyclic) bond motifs is 1. The molecule has 0 spiro atoms. The molecule has 2 N–H and O–H groups in total. The molecule has 0 aliphatic heterocycles. The molecule has 100 valence electrons. The molecule has 0 bridgehead atoms. The van der Waals surface area contributed by atoms with Gasteiger partial charge in [0.1, 0.15) is 0 Å². The van der Waals surface area contributed by atoms with Crippen LogP contribution in [0.4, 0.5) is 0 Å². The number of hydrogen-bond acceptors (Lipinski definition) is 3. The van der Waals surface area contributed by atoms with Crippen LogP contribution < -0.4 is 10.9 Å². The minimum atomic E-state index is -0.222. The van der Waals surface area contributed by atoms with Crippen molar-refractivity contribution in [2.24, 2.45) is 0 Å². The fourth-order valence-corrected chi connectivity index (χ4v) is 2.06. The monoisotopic (exact) mass is 268 g/mol. The van der Waals surface area contributed by atoms with E-state index in [2.05, 4.69) is 15.4 Å². The molecule has 6 heteroatoms. The van der Waals surface area contributed by atoms with Crippen LogP contribution in [0.1, 0.15) is 10.4 Å². The van der Waals surface area contributed by atoms with E-state index in [1.807, 2.05) is 0 Å². The third kappa shape index (κ3) is 1.87. The van der Waals surface area contributed by atoms with Crippen LogP contribution >= 0.6 is 0 Å². The van der Waals surface area contributed by atoms with Crippen molar-refractivity contribution in [3.8, 4) is 5.69 Å². The number of amides is 1. The first-order chi connectivity index (χ1) is 9.70. The van der Waals surface area contributed by atoms with Gasteiger partial charge in [-0.05, 0) is 30.3 Å². The van der Waals surface area contributed by atoms with Gasteiger partial charge in [0.25, 0.3) is 11.5 Å². The second-order valence-electron chi connectivity index (χ2n) is 4.30. The molecule has 0 unspecified atom stereocenters. The summed E-state index contributed by atoms with van der Waals surface area (Å²) in [6, 6.07) is 8.51. The molecule has 0 atom stereocenters. The summed E-state index contributed by atoms with van der Waals surface area (Å²) in [6.07, 6.45) is 3.23. The van der Waals surface area contributed by atoms with Crippen molar-refractivity contribution in [3.63, 3.8) is 0 Å². The van der Waals surface area contributed by atoms with Crippen LogP contribution in [-0.2, 0) is 0 Å². The first-order valence-corrected chi connectivity index (χ1v) is 6.08. The van der Waals surface area contributed by atoms with Gasteiger partial charge in [-0.3, -0.25) is 19.7 Å². The molecule has 2 aromatic heterocycles. The van der Waals surface area contributed by atoms with Crippen LogP contribution in [-0.4, -0.2) is 27.7 Å². The fraction of sp³-hybridized carbons (Fsp3) is 0.0714. The van der Waals surface area contributed by atoms with Crippen molar-refractivity contribution >= 4 is 16.8 Å². The SMILES string of the molecule is CNC(=O)c1ccc2[nH]n(-c3cccnc3)c(=O)c2c1. The number of benzene rings is 1. The molecule has 3 rings (SSSR count). The summed E-state index contributed by atoms with van der Waals surface area (Å²) in [5.41, 5.74) is 1.56. The normalized spacial score (nSPS) is 10.7. The zero-order valence-electron chi connectivity index (χ0n) is 10.8. The van der Waals surface area contributed by atoms with E-state index in [0.717, 1.165) is 0 Å². The molecular formula is C14H12N4O2. The standard InChI is InChI=1S/C14H12N4O2/c1-15-13(19)9-4-5-12-11(7-9)14(20)18(17-12)10-3-2-6-16-8-10/h2-8,17H,1H3,(H,15,19). The summed E-state index contributed by atoms with van der Waals surface area (Å²) in [6.45, 7) is 0. The summed E-state index contributed by atoms with van der Waals surface area (Å²) >= 11 is 0. The Balaban J connectivity index is 2.21. The minimum Gasteiger partial charge on any atom is -0.355 e. The second kappa shape index (κ2) is 4.65. The molecule has 0 saturated carbocycles. The molecule has 1 amide bonds. The number of nitrogens with one attached hydrogen (secondary N) is 2. The Labute approximate surface area is 114 Å². The van der Waals surface area contributed by atoms with Crippen molar-refractivity contribution in [3.05, 3.63) is 58.6 Å². The lowest BCUT2D eigenvalue weighted by Gasteiger charge is -1.98. The molecule has 6 nitrogen and oxygen atoms in total. The molecule has 1 aromatic carbocycles. The van der Waals surface area contributed by atoms with Crippen LogP contribution in [0.3, 0.4) is 0 Å². The lowest BCUT2D eigenvalue weighted by atomic mass is 10.1. The Morgan fingerprint density at radius 2 is 2.20 bits per heavy atom. The number of carbonyl (C=O) groups excluding carboxylic acids is 1. The number of carbonyl (C=O) groups is 1. The maximum atomic E-state index is 12.4. The zero-order valence-corrected chi connectivity index (χ0v) is 10.8. The number of aromatic amines is 1. The van der Waals surface area contributed by atoms with E-state index in [4.69, 9.17) is 0 Å². The Morgan fingerprint density at radius 3 is 2.90 bits per heavy atom. The molecular weight excluding hydrogens is 256 g/mol. The number of nitrogens with zero attached hydrogens (tertiary/aromatic N) is 2. The Morgan fingerprint density at radius 1 is 1.35 bits per heavy atom. The van der Waals surface area contributed by atoms with Gasteiger partial charge in [0.2, 0.25) is 0 Å². The van der Waals surface area contributed by atoms with Crippen molar-refractivity contribution in [1.29, 1.82) is 0 Å². The highest BCUT2D eigenvalue weighted by Crippen LogP contribution is 2.12. The summed E-state index contributed by atoms with van der Waals surface area (Å²) in [5, 5.41) is 6.00. The van der Waals surface area contributed by atoms with Gasteiger partial charge < -0.3 is 5.32 Å². The predicted molar refractivity (Wildman–Crippen MR) is 75.1 cm³/mol. The molecule has 0 aliphatic rings. The van der Waals surface area contributed by atoms with E-state index in [9.17, 15) is 9.59 Å². The third-order valence-electron chi connectivity index (χ3n) is 3.08. The van der Waals surface area contributed by atoms with E-state index in [0.29, 0.717) is 22.2 Å². The van der Waals surface area contributed by atoms with Gasteiger partial charge in [-0.25, -0.2) is 4.68 Å². The largest absolute Gasteiger partial charge is 0.355 e. The van der Waals surface area contributed by atoms with Crippen LogP contribution in [0, 0.1) is 0 Å². The van der Waals surface area contributed by atoms with Gasteiger partial charge in [0.05, 0.1) is 22.8 Å². The molecule has 0 aliphatic carbocycles. The maximum absolute atomic E-state index is 12.4. The lowest BCUT2D eigenvalue weighted by Crippen LogP contribution is -2.18. The Kier molecular flexibility index (Phi) is 2.83. The molecule has 20 heavy (non-hydrogen) atoms. The van der Waals surface area contributed by atoms with Crippen molar-refractivity contribution in [2.45, 2.75) is 0 Å². The highest BCUT2D eigenvalue weighted by molar-refractivity contribution is 5.97. The topological polar surface area (TPSA) is 79.8 Å². The number of pyridine rings is 1. The molecule has 0 saturated heterocycles. The molecule has 3 aromatic rings. The summed E-state index contributed by atoms with van der Waals surface area (Å²) in [7, 11) is 1.55. The van der Waals surface area contributed by atoms with Crippen LogP contribution in [0.25, 0.3) is 16.6 Å². The van der Waals surface area contributed by atoms with E-state index >= 15 is 0 Å². The summed E-state index contributed by atoms with van der Waals surface area (Å²) in [4.78, 5) is 28.0. The quantitative estimate of drug-likeness (QED) is 0.729. The van der Waals surface area contributed by atoms with E-state index < -0.39 is 0 Å². The van der Waals surface area contributed by atoms with Gasteiger partial charge in [-0.2, -0.15) is 0 Å². The average Bonchev–Trinajstić information content (AvgIpc) is 2.84. The molecule has 0 fully saturated rings. The number of H-pyrrole nitrogens is 1. The highest BCUT2D eigenvalue weighted by atomic mass is 16.1. The van der Waals surface area contributed by atoms with Crippen molar-refractivity contribution in [2.75, 3.05) is 7.05 Å². The van der Waals surface area contributed by atoms with Gasteiger partial charge in [0.15, 0.2) is 0 Å². The van der Waals surface area contributed by atoms with Gasteiger partial charge in [0, 0.05) is 18.8 Å². The highest BCUT2D eigenvalue weighted by Gasteiger charge is 2.11. The van der Waals surface area contributed by atoms with Crippen LogP contribution in [0.2, 0.25) is 0 Å². The van der Waals surface area contributed by atoms with Gasteiger partial charge >= 0.3 is 0 Å². The Bertz CT molecular complexity index is 833. The molecule has 0 radical (unpaired) electrons. The number of hydrogen-bond donors (Lipinski definition) is 2. The predicted octanol–water partition coefficient (Wildman–Crippen LogP) is 1.07. The smallest absolute Gasteiger partial charge is 0.279 e. The molecule has 2 heterocycles. The van der Waals surface area contributed by atoms with Crippen molar-refractivity contribution in [1.82, 2.24) is 20.1 Å². The summed E-state index contributed by atoms with van der Waals surface area (Å²) < 4.78 is 1.41. The van der Waals surface area contributed by atoms with Crippen molar-refractivity contribution < 1.29 is 4.79 Å². The van der Waals surface area contributed by atoms with Gasteiger partial charge in [-0.15, -0.1) is 0 Å². The van der Waals surface area contributed by atoms with Crippen LogP contribution in [0.15, 0.2) is 47.5 Å². The second-order valence-corrected chi connectivity index (χ2v) is 4.30. The van der Waals surface area contributed by atoms with E-state index in [1.54, 1.807) is 49.8 Å². The Hall–Kier alpha value is -2.89. The maximum Gasteiger partial charge on any atom is 0.279 e.